The molecule has 0 radical (unpaired) electrons. The molecule has 92 valence electrons. The van der Waals surface area contributed by atoms with Crippen LogP contribution in [0.25, 0.3) is 11.3 Å². The van der Waals surface area contributed by atoms with E-state index in [1.165, 1.54) is 0 Å². The molecule has 0 saturated carbocycles. The Labute approximate surface area is 101 Å². The predicted octanol–water partition coefficient (Wildman–Crippen LogP) is 1.60. The van der Waals surface area contributed by atoms with Crippen LogP contribution >= 0.6 is 0 Å². The van der Waals surface area contributed by atoms with Crippen LogP contribution in [0.3, 0.4) is 0 Å². The van der Waals surface area contributed by atoms with Crippen molar-refractivity contribution < 1.29 is 0 Å². The van der Waals surface area contributed by atoms with Crippen LogP contribution in [-0.2, 0) is 20.5 Å². The van der Waals surface area contributed by atoms with Gasteiger partial charge in [-0.1, -0.05) is 13.8 Å². The van der Waals surface area contributed by atoms with E-state index in [-0.39, 0.29) is 0 Å². The molecule has 2 N–H and O–H groups in total. The van der Waals surface area contributed by atoms with Gasteiger partial charge in [-0.25, -0.2) is 0 Å². The lowest BCUT2D eigenvalue weighted by atomic mass is 10.0. The first-order valence-corrected chi connectivity index (χ1v) is 5.79. The van der Waals surface area contributed by atoms with Crippen molar-refractivity contribution in [2.45, 2.75) is 20.3 Å². The third-order valence-electron chi connectivity index (χ3n) is 2.78. The van der Waals surface area contributed by atoms with E-state index in [9.17, 15) is 0 Å². The molecule has 0 aliphatic heterocycles. The number of nitrogens with two attached hydrogens (primary N) is 1. The highest BCUT2D eigenvalue weighted by molar-refractivity contribution is 5.67. The predicted molar refractivity (Wildman–Crippen MR) is 68.4 cm³/mol. The van der Waals surface area contributed by atoms with Gasteiger partial charge >= 0.3 is 0 Å². The normalized spacial score (nSPS) is 11.4. The maximum atomic E-state index is 6.07. The Morgan fingerprint density at radius 2 is 2.06 bits per heavy atom. The fourth-order valence-corrected chi connectivity index (χ4v) is 1.97. The molecule has 2 aromatic heterocycles. The van der Waals surface area contributed by atoms with E-state index >= 15 is 0 Å². The minimum atomic E-state index is 0.553. The third kappa shape index (κ3) is 2.18. The van der Waals surface area contributed by atoms with Gasteiger partial charge in [-0.3, -0.25) is 9.36 Å². The maximum Gasteiger partial charge on any atom is 0.125 e. The highest BCUT2D eigenvalue weighted by atomic mass is 15.3. The summed E-state index contributed by atoms with van der Waals surface area (Å²) in [5.74, 6) is 1.30. The van der Waals surface area contributed by atoms with Crippen molar-refractivity contribution in [1.82, 2.24) is 19.6 Å². The summed E-state index contributed by atoms with van der Waals surface area (Å²) in [6.07, 6.45) is 4.72. The first kappa shape index (κ1) is 11.7. The van der Waals surface area contributed by atoms with Crippen LogP contribution in [0.1, 0.15) is 19.4 Å². The van der Waals surface area contributed by atoms with E-state index in [4.69, 9.17) is 5.73 Å². The molecule has 17 heavy (non-hydrogen) atoms. The largest absolute Gasteiger partial charge is 0.384 e. The molecule has 0 aliphatic rings. The molecule has 0 spiro atoms. The lowest BCUT2D eigenvalue weighted by Gasteiger charge is -2.05. The Morgan fingerprint density at radius 3 is 2.59 bits per heavy atom. The molecule has 0 atom stereocenters. The van der Waals surface area contributed by atoms with Gasteiger partial charge in [-0.15, -0.1) is 0 Å². The van der Waals surface area contributed by atoms with Crippen LogP contribution in [0.15, 0.2) is 12.4 Å². The Balaban J connectivity index is 2.49. The molecule has 2 rings (SSSR count). The van der Waals surface area contributed by atoms with Gasteiger partial charge in [0.1, 0.15) is 11.5 Å². The van der Waals surface area contributed by atoms with Crippen LogP contribution in [0, 0.1) is 5.92 Å². The summed E-state index contributed by atoms with van der Waals surface area (Å²) in [4.78, 5) is 0. The quantitative estimate of drug-likeness (QED) is 0.876. The Morgan fingerprint density at radius 1 is 1.35 bits per heavy atom. The lowest BCUT2D eigenvalue weighted by Crippen LogP contribution is -2.02. The zero-order valence-corrected chi connectivity index (χ0v) is 10.8. The van der Waals surface area contributed by atoms with Crippen molar-refractivity contribution in [3.05, 3.63) is 18.0 Å². The van der Waals surface area contributed by atoms with Crippen molar-refractivity contribution in [2.75, 3.05) is 5.73 Å². The van der Waals surface area contributed by atoms with Crippen LogP contribution in [0.5, 0.6) is 0 Å². The van der Waals surface area contributed by atoms with E-state index in [1.54, 1.807) is 9.36 Å². The molecule has 2 heterocycles. The topological polar surface area (TPSA) is 61.7 Å². The van der Waals surface area contributed by atoms with Crippen molar-refractivity contribution >= 4 is 5.82 Å². The second-order valence-electron chi connectivity index (χ2n) is 4.84. The lowest BCUT2D eigenvalue weighted by molar-refractivity contribution is 0.648. The highest BCUT2D eigenvalue weighted by Crippen LogP contribution is 2.28. The van der Waals surface area contributed by atoms with Gasteiger partial charge in [-0.05, 0) is 12.3 Å². The summed E-state index contributed by atoms with van der Waals surface area (Å²) in [7, 11) is 3.77. The van der Waals surface area contributed by atoms with Gasteiger partial charge in [-0.2, -0.15) is 10.2 Å². The number of aryl methyl sites for hydroxylation is 2. The summed E-state index contributed by atoms with van der Waals surface area (Å²) >= 11 is 0. The Kier molecular flexibility index (Phi) is 2.92. The molecule has 5 nitrogen and oxygen atoms in total. The monoisotopic (exact) mass is 233 g/mol. The number of hydrogen-bond acceptors (Lipinski definition) is 3. The molecule has 2 aromatic rings. The van der Waals surface area contributed by atoms with Crippen molar-refractivity contribution in [1.29, 1.82) is 0 Å². The molecule has 0 saturated heterocycles. The van der Waals surface area contributed by atoms with E-state index < -0.39 is 0 Å². The molecule has 0 aliphatic carbocycles. The fourth-order valence-electron chi connectivity index (χ4n) is 1.97. The van der Waals surface area contributed by atoms with Crippen LogP contribution in [0.2, 0.25) is 0 Å². The standard InChI is InChI=1S/C12H19N5/c1-8(2)5-10-11(15-17(4)12(10)13)9-6-14-16(3)7-9/h6-8H,5,13H2,1-4H3. The Bertz CT molecular complexity index is 521. The van der Waals surface area contributed by atoms with Crippen LogP contribution in [0.4, 0.5) is 5.82 Å². The number of rotatable bonds is 3. The maximum absolute atomic E-state index is 6.07. The minimum absolute atomic E-state index is 0.553. The van der Waals surface area contributed by atoms with Gasteiger partial charge in [0, 0.05) is 31.4 Å². The van der Waals surface area contributed by atoms with Gasteiger partial charge in [0.05, 0.1) is 6.20 Å². The first-order chi connectivity index (χ1) is 7.99. The summed E-state index contributed by atoms with van der Waals surface area (Å²) in [6, 6.07) is 0. The first-order valence-electron chi connectivity index (χ1n) is 5.79. The smallest absolute Gasteiger partial charge is 0.125 e. The third-order valence-corrected chi connectivity index (χ3v) is 2.78. The fraction of sp³-hybridized carbons (Fsp3) is 0.500. The van der Waals surface area contributed by atoms with E-state index in [2.05, 4.69) is 24.0 Å². The molecule has 5 heteroatoms. The average Bonchev–Trinajstić information content (AvgIpc) is 2.77. The minimum Gasteiger partial charge on any atom is -0.384 e. The van der Waals surface area contributed by atoms with E-state index in [0.717, 1.165) is 29.1 Å². The van der Waals surface area contributed by atoms with E-state index in [0.29, 0.717) is 5.92 Å². The number of nitrogens with zero attached hydrogens (tertiary/aromatic N) is 4. The number of aromatic nitrogens is 4. The van der Waals surface area contributed by atoms with Crippen LogP contribution < -0.4 is 5.73 Å². The molecular weight excluding hydrogens is 214 g/mol. The molecule has 0 bridgehead atoms. The summed E-state index contributed by atoms with van der Waals surface area (Å²) < 4.78 is 3.51. The van der Waals surface area contributed by atoms with Gasteiger partial charge in [0.2, 0.25) is 0 Å². The van der Waals surface area contributed by atoms with Crippen LogP contribution in [-0.4, -0.2) is 19.6 Å². The zero-order valence-electron chi connectivity index (χ0n) is 10.8. The summed E-state index contributed by atoms with van der Waals surface area (Å²) in [5, 5.41) is 8.66. The number of hydrogen-bond donors (Lipinski definition) is 1. The van der Waals surface area contributed by atoms with Crippen molar-refractivity contribution in [2.24, 2.45) is 20.0 Å². The summed E-state index contributed by atoms with van der Waals surface area (Å²) in [5.41, 5.74) is 9.16. The molecule has 0 unspecified atom stereocenters. The van der Waals surface area contributed by atoms with Gasteiger partial charge in [0.25, 0.3) is 0 Å². The van der Waals surface area contributed by atoms with Crippen molar-refractivity contribution in [3.63, 3.8) is 0 Å². The van der Waals surface area contributed by atoms with Gasteiger partial charge in [0.15, 0.2) is 0 Å². The molecular formula is C12H19N5. The SMILES string of the molecule is CC(C)Cc1c(-c2cnn(C)c2)nn(C)c1N. The van der Waals surface area contributed by atoms with Gasteiger partial charge < -0.3 is 5.73 Å². The second kappa shape index (κ2) is 4.24. The molecule has 0 aromatic carbocycles. The Hall–Kier alpha value is -1.78. The highest BCUT2D eigenvalue weighted by Gasteiger charge is 2.17. The number of nitrogen functional groups attached to an aromatic ring is 1. The second-order valence-corrected chi connectivity index (χ2v) is 4.84. The summed E-state index contributed by atoms with van der Waals surface area (Å²) in [6.45, 7) is 4.36. The molecule has 0 fully saturated rings. The van der Waals surface area contributed by atoms with Crippen molar-refractivity contribution in [3.8, 4) is 11.3 Å². The zero-order chi connectivity index (χ0) is 12.6. The number of anilines is 1. The van der Waals surface area contributed by atoms with E-state index in [1.807, 2.05) is 26.5 Å². The average molecular weight is 233 g/mol. The molecule has 0 amide bonds.